The molecule has 0 saturated heterocycles. The molecule has 2 aliphatic rings. The Kier molecular flexibility index (Phi) is 2.52. The van der Waals surface area contributed by atoms with Crippen molar-refractivity contribution in [2.45, 2.75) is 25.7 Å². The van der Waals surface area contributed by atoms with Gasteiger partial charge in [-0.05, 0) is 37.1 Å². The molecule has 5 heteroatoms. The molecular weight excluding hydrogens is 288 g/mol. The monoisotopic (exact) mass is 306 g/mol. The first-order chi connectivity index (χ1) is 11.2. The van der Waals surface area contributed by atoms with Crippen molar-refractivity contribution < 1.29 is 4.74 Å². The van der Waals surface area contributed by atoms with Crippen LogP contribution in [0.3, 0.4) is 0 Å². The molecule has 5 nitrogen and oxygen atoms in total. The predicted molar refractivity (Wildman–Crippen MR) is 86.6 cm³/mol. The number of aromatic nitrogens is 4. The molecule has 1 aromatic carbocycles. The van der Waals surface area contributed by atoms with E-state index in [0.717, 1.165) is 23.7 Å². The Labute approximate surface area is 134 Å². The van der Waals surface area contributed by atoms with E-state index in [4.69, 9.17) is 4.74 Å². The van der Waals surface area contributed by atoms with Crippen molar-refractivity contribution >= 4 is 0 Å². The summed E-state index contributed by atoms with van der Waals surface area (Å²) < 4.78 is 5.98. The molecule has 0 unspecified atom stereocenters. The summed E-state index contributed by atoms with van der Waals surface area (Å²) in [5, 5.41) is 7.39. The molecule has 1 fully saturated rings. The Morgan fingerprint density at radius 1 is 1.22 bits per heavy atom. The number of aromatic amines is 2. The third-order valence-electron chi connectivity index (χ3n) is 5.26. The number of benzene rings is 1. The fraction of sp³-hybridized carbons (Fsp3) is 0.333. The molecule has 3 aromatic rings. The summed E-state index contributed by atoms with van der Waals surface area (Å²) in [6.07, 6.45) is 3.70. The van der Waals surface area contributed by atoms with E-state index in [0.29, 0.717) is 17.8 Å². The van der Waals surface area contributed by atoms with Crippen molar-refractivity contribution in [2.24, 2.45) is 5.92 Å². The van der Waals surface area contributed by atoms with Gasteiger partial charge in [-0.25, -0.2) is 4.98 Å². The standard InChI is InChI=1S/C18H18N4O/c1-9-16(10(2)22-21-9)11-3-4-15-12(5-11)17-13(7-23-15)18(17)14-6-19-8-20-14/h3-6,8,13,17-18H,7H2,1-2H3,(H,19,20)(H,21,22)/t13-,17+,18-/m0/s1. The minimum atomic E-state index is 0.501. The van der Waals surface area contributed by atoms with Crippen LogP contribution < -0.4 is 4.74 Å². The lowest BCUT2D eigenvalue weighted by Gasteiger charge is -2.17. The van der Waals surface area contributed by atoms with Gasteiger partial charge in [0, 0.05) is 40.9 Å². The van der Waals surface area contributed by atoms with Gasteiger partial charge in [-0.3, -0.25) is 5.10 Å². The number of ether oxygens (including phenoxy) is 1. The van der Waals surface area contributed by atoms with Gasteiger partial charge in [0.2, 0.25) is 0 Å². The maximum Gasteiger partial charge on any atom is 0.122 e. The summed E-state index contributed by atoms with van der Waals surface area (Å²) in [6, 6.07) is 6.53. The van der Waals surface area contributed by atoms with Gasteiger partial charge < -0.3 is 9.72 Å². The maximum absolute atomic E-state index is 5.98. The number of rotatable bonds is 2. The highest BCUT2D eigenvalue weighted by molar-refractivity contribution is 5.71. The van der Waals surface area contributed by atoms with Gasteiger partial charge in [-0.2, -0.15) is 5.10 Å². The van der Waals surface area contributed by atoms with Gasteiger partial charge in [0.1, 0.15) is 5.75 Å². The average Bonchev–Trinajstić information content (AvgIpc) is 2.88. The molecule has 1 saturated carbocycles. The van der Waals surface area contributed by atoms with Crippen molar-refractivity contribution in [3.05, 3.63) is 53.4 Å². The summed E-state index contributed by atoms with van der Waals surface area (Å²) >= 11 is 0. The van der Waals surface area contributed by atoms with Crippen molar-refractivity contribution in [2.75, 3.05) is 6.61 Å². The van der Waals surface area contributed by atoms with Crippen molar-refractivity contribution in [3.8, 4) is 16.9 Å². The molecule has 2 aromatic heterocycles. The van der Waals surface area contributed by atoms with Crippen LogP contribution in [0.4, 0.5) is 0 Å². The molecule has 0 amide bonds. The highest BCUT2D eigenvalue weighted by Crippen LogP contribution is 2.64. The van der Waals surface area contributed by atoms with Crippen LogP contribution >= 0.6 is 0 Å². The maximum atomic E-state index is 5.98. The molecule has 5 rings (SSSR count). The fourth-order valence-corrected chi connectivity index (χ4v) is 4.14. The largest absolute Gasteiger partial charge is 0.493 e. The predicted octanol–water partition coefficient (Wildman–Crippen LogP) is 3.31. The van der Waals surface area contributed by atoms with E-state index in [1.807, 2.05) is 13.1 Å². The van der Waals surface area contributed by atoms with E-state index in [9.17, 15) is 0 Å². The van der Waals surface area contributed by atoms with Crippen LogP contribution in [0.15, 0.2) is 30.7 Å². The second kappa shape index (κ2) is 4.47. The second-order valence-electron chi connectivity index (χ2n) is 6.59. The number of hydrogen-bond acceptors (Lipinski definition) is 3. The fourth-order valence-electron chi connectivity index (χ4n) is 4.14. The zero-order valence-electron chi connectivity index (χ0n) is 13.1. The molecule has 3 heterocycles. The quantitative estimate of drug-likeness (QED) is 0.763. The van der Waals surface area contributed by atoms with E-state index in [-0.39, 0.29) is 0 Å². The number of aryl methyl sites for hydroxylation is 2. The summed E-state index contributed by atoms with van der Waals surface area (Å²) in [4.78, 5) is 7.43. The number of nitrogens with zero attached hydrogens (tertiary/aromatic N) is 2. The van der Waals surface area contributed by atoms with Gasteiger partial charge in [-0.1, -0.05) is 6.07 Å². The van der Waals surface area contributed by atoms with Crippen LogP contribution in [0.1, 0.15) is 34.5 Å². The molecule has 0 spiro atoms. The normalized spacial score (nSPS) is 24.7. The first-order valence-electron chi connectivity index (χ1n) is 8.01. The van der Waals surface area contributed by atoms with E-state index >= 15 is 0 Å². The number of fused-ring (bicyclic) bond motifs is 3. The first kappa shape index (κ1) is 12.9. The molecule has 1 aliphatic carbocycles. The molecule has 0 radical (unpaired) electrons. The molecule has 2 N–H and O–H groups in total. The van der Waals surface area contributed by atoms with Crippen LogP contribution in [0, 0.1) is 19.8 Å². The van der Waals surface area contributed by atoms with Gasteiger partial charge in [-0.15, -0.1) is 0 Å². The summed E-state index contributed by atoms with van der Waals surface area (Å²) in [5.41, 5.74) is 7.10. The smallest absolute Gasteiger partial charge is 0.122 e. The molecule has 1 aliphatic heterocycles. The minimum absolute atomic E-state index is 0.501. The van der Waals surface area contributed by atoms with E-state index in [1.54, 1.807) is 6.33 Å². The third-order valence-corrected chi connectivity index (χ3v) is 5.26. The van der Waals surface area contributed by atoms with Crippen LogP contribution in [0.2, 0.25) is 0 Å². The van der Waals surface area contributed by atoms with E-state index < -0.39 is 0 Å². The van der Waals surface area contributed by atoms with E-state index in [1.165, 1.54) is 22.4 Å². The molecular formula is C18H18N4O. The summed E-state index contributed by atoms with van der Waals surface area (Å²) in [7, 11) is 0. The van der Waals surface area contributed by atoms with E-state index in [2.05, 4.69) is 45.3 Å². The zero-order chi connectivity index (χ0) is 15.6. The minimum Gasteiger partial charge on any atom is -0.493 e. The highest BCUT2D eigenvalue weighted by atomic mass is 16.5. The Balaban J connectivity index is 1.58. The zero-order valence-corrected chi connectivity index (χ0v) is 13.1. The highest BCUT2D eigenvalue weighted by Gasteiger charge is 2.56. The lowest BCUT2D eigenvalue weighted by atomic mass is 9.97. The lowest BCUT2D eigenvalue weighted by molar-refractivity contribution is 0.277. The summed E-state index contributed by atoms with van der Waals surface area (Å²) in [5.74, 6) is 2.62. The molecule has 0 bridgehead atoms. The number of hydrogen-bond donors (Lipinski definition) is 2. The second-order valence-corrected chi connectivity index (χ2v) is 6.59. The number of nitrogens with one attached hydrogen (secondary N) is 2. The SMILES string of the molecule is Cc1n[nH]c(C)c1-c1ccc2c(c1)[C@@H]1[C@H](CO2)[C@H]1c1cnc[nH]1. The molecule has 3 atom stereocenters. The first-order valence-corrected chi connectivity index (χ1v) is 8.01. The number of imidazole rings is 1. The molecule has 116 valence electrons. The van der Waals surface area contributed by atoms with Crippen LogP contribution in [-0.2, 0) is 0 Å². The van der Waals surface area contributed by atoms with Crippen molar-refractivity contribution in [1.82, 2.24) is 20.2 Å². The molecule has 23 heavy (non-hydrogen) atoms. The van der Waals surface area contributed by atoms with Gasteiger partial charge in [0.05, 0.1) is 18.6 Å². The third kappa shape index (κ3) is 1.79. The Bertz CT molecular complexity index is 861. The van der Waals surface area contributed by atoms with Crippen LogP contribution in [0.25, 0.3) is 11.1 Å². The van der Waals surface area contributed by atoms with Crippen molar-refractivity contribution in [3.63, 3.8) is 0 Å². The topological polar surface area (TPSA) is 66.6 Å². The summed E-state index contributed by atoms with van der Waals surface area (Å²) in [6.45, 7) is 4.91. The van der Waals surface area contributed by atoms with Crippen LogP contribution in [-0.4, -0.2) is 26.8 Å². The average molecular weight is 306 g/mol. The van der Waals surface area contributed by atoms with Gasteiger partial charge in [0.15, 0.2) is 0 Å². The van der Waals surface area contributed by atoms with Gasteiger partial charge >= 0.3 is 0 Å². The number of H-pyrrole nitrogens is 2. The van der Waals surface area contributed by atoms with Crippen molar-refractivity contribution in [1.29, 1.82) is 0 Å². The Morgan fingerprint density at radius 2 is 2.13 bits per heavy atom. The Morgan fingerprint density at radius 3 is 2.87 bits per heavy atom. The van der Waals surface area contributed by atoms with Gasteiger partial charge in [0.25, 0.3) is 0 Å². The lowest BCUT2D eigenvalue weighted by Crippen LogP contribution is -2.08. The van der Waals surface area contributed by atoms with Crippen LogP contribution in [0.5, 0.6) is 5.75 Å². The Hall–Kier alpha value is -2.56.